The Morgan fingerprint density at radius 1 is 1.23 bits per heavy atom. The van der Waals surface area contributed by atoms with Crippen molar-refractivity contribution in [1.82, 2.24) is 19.7 Å². The molecular formula is C18H20N6O2. The molecule has 0 atom stereocenters. The molecule has 1 fully saturated rings. The maximum Gasteiger partial charge on any atom is 0.225 e. The lowest BCUT2D eigenvalue weighted by atomic mass is 9.79. The van der Waals surface area contributed by atoms with Crippen molar-refractivity contribution in [1.29, 1.82) is 0 Å². The van der Waals surface area contributed by atoms with Gasteiger partial charge in [-0.25, -0.2) is 14.6 Å². The third kappa shape index (κ3) is 2.88. The average Bonchev–Trinajstić information content (AvgIpc) is 3.12. The van der Waals surface area contributed by atoms with E-state index >= 15 is 0 Å². The van der Waals surface area contributed by atoms with E-state index in [1.165, 1.54) is 6.33 Å². The Morgan fingerprint density at radius 2 is 2.00 bits per heavy atom. The van der Waals surface area contributed by atoms with Crippen molar-refractivity contribution < 1.29 is 9.53 Å². The number of carbonyl (C=O) groups excluding carboxylic acids is 1. The van der Waals surface area contributed by atoms with Crippen LogP contribution in [0.25, 0.3) is 16.7 Å². The van der Waals surface area contributed by atoms with E-state index in [2.05, 4.69) is 20.4 Å². The van der Waals surface area contributed by atoms with Gasteiger partial charge in [0.2, 0.25) is 5.91 Å². The van der Waals surface area contributed by atoms with E-state index in [9.17, 15) is 4.79 Å². The van der Waals surface area contributed by atoms with Crippen LogP contribution in [0, 0.1) is 5.41 Å². The fourth-order valence-electron chi connectivity index (χ4n) is 3.27. The summed E-state index contributed by atoms with van der Waals surface area (Å²) in [6.07, 6.45) is 4.43. The van der Waals surface area contributed by atoms with Crippen molar-refractivity contribution in [3.8, 4) is 5.69 Å². The fraction of sp³-hybridized carbons (Fsp3) is 0.333. The van der Waals surface area contributed by atoms with Crippen LogP contribution in [-0.4, -0.2) is 45.4 Å². The summed E-state index contributed by atoms with van der Waals surface area (Å²) in [7, 11) is 0. The molecule has 26 heavy (non-hydrogen) atoms. The highest BCUT2D eigenvalue weighted by Crippen LogP contribution is 2.31. The molecule has 4 rings (SSSR count). The zero-order valence-corrected chi connectivity index (χ0v) is 14.3. The number of anilines is 1. The first-order valence-electron chi connectivity index (χ1n) is 8.55. The number of amides is 1. The number of aromatic nitrogens is 4. The molecule has 0 bridgehead atoms. The summed E-state index contributed by atoms with van der Waals surface area (Å²) in [5, 5.41) is 8.51. The van der Waals surface area contributed by atoms with Gasteiger partial charge in [-0.3, -0.25) is 4.79 Å². The average molecular weight is 352 g/mol. The molecular weight excluding hydrogens is 332 g/mol. The van der Waals surface area contributed by atoms with Gasteiger partial charge in [0.15, 0.2) is 5.65 Å². The fourth-order valence-corrected chi connectivity index (χ4v) is 3.27. The van der Waals surface area contributed by atoms with Crippen molar-refractivity contribution in [3.05, 3.63) is 42.9 Å². The number of ether oxygens (including phenoxy) is 1. The van der Waals surface area contributed by atoms with Gasteiger partial charge in [-0.2, -0.15) is 5.10 Å². The molecule has 0 radical (unpaired) electrons. The number of nitrogens with zero attached hydrogens (tertiary/aromatic N) is 4. The Labute approximate surface area is 150 Å². The summed E-state index contributed by atoms with van der Waals surface area (Å²) in [6, 6.07) is 9.78. The number of primary amides is 1. The van der Waals surface area contributed by atoms with E-state index in [0.717, 1.165) is 11.1 Å². The van der Waals surface area contributed by atoms with Crippen LogP contribution in [0.2, 0.25) is 0 Å². The molecule has 1 aliphatic heterocycles. The Balaban J connectivity index is 1.63. The molecule has 1 saturated heterocycles. The topological polar surface area (TPSA) is 108 Å². The Kier molecular flexibility index (Phi) is 4.26. The standard InChI is InChI=1S/C18H20N6O2/c19-17(25)18(6-8-26-9-7-18)11-20-15-14-10-23-24(16(14)22-12-21-15)13-4-2-1-3-5-13/h1-5,10,12H,6-9,11H2,(H2,19,25)(H,20,21,22). The minimum atomic E-state index is -0.620. The molecule has 1 aromatic carbocycles. The highest BCUT2D eigenvalue weighted by Gasteiger charge is 2.38. The smallest absolute Gasteiger partial charge is 0.225 e. The Bertz CT molecular complexity index is 918. The summed E-state index contributed by atoms with van der Waals surface area (Å²) >= 11 is 0. The van der Waals surface area contributed by atoms with Crippen LogP contribution >= 0.6 is 0 Å². The van der Waals surface area contributed by atoms with E-state index < -0.39 is 5.41 Å². The third-order valence-corrected chi connectivity index (χ3v) is 4.93. The molecule has 0 aliphatic carbocycles. The monoisotopic (exact) mass is 352 g/mol. The molecule has 8 heteroatoms. The number of nitrogens with two attached hydrogens (primary N) is 1. The second kappa shape index (κ2) is 6.72. The predicted octanol–water partition coefficient (Wildman–Crippen LogP) is 1.51. The van der Waals surface area contributed by atoms with E-state index in [-0.39, 0.29) is 5.91 Å². The molecule has 8 nitrogen and oxygen atoms in total. The number of nitrogens with one attached hydrogen (secondary N) is 1. The molecule has 1 aliphatic rings. The zero-order valence-electron chi connectivity index (χ0n) is 14.3. The van der Waals surface area contributed by atoms with E-state index in [4.69, 9.17) is 10.5 Å². The van der Waals surface area contributed by atoms with Crippen LogP contribution in [0.3, 0.4) is 0 Å². The molecule has 0 spiro atoms. The van der Waals surface area contributed by atoms with Gasteiger partial charge >= 0.3 is 0 Å². The lowest BCUT2D eigenvalue weighted by Gasteiger charge is -2.34. The van der Waals surface area contributed by atoms with Crippen LogP contribution in [0.4, 0.5) is 5.82 Å². The molecule has 0 unspecified atom stereocenters. The quantitative estimate of drug-likeness (QED) is 0.720. The number of fused-ring (bicyclic) bond motifs is 1. The molecule has 3 aromatic rings. The Hall–Kier alpha value is -3.00. The van der Waals surface area contributed by atoms with Crippen molar-refractivity contribution in [2.24, 2.45) is 11.1 Å². The highest BCUT2D eigenvalue weighted by molar-refractivity contribution is 5.88. The minimum Gasteiger partial charge on any atom is -0.381 e. The van der Waals surface area contributed by atoms with Crippen molar-refractivity contribution in [2.75, 3.05) is 25.1 Å². The van der Waals surface area contributed by atoms with Gasteiger partial charge in [-0.1, -0.05) is 18.2 Å². The number of carbonyl (C=O) groups is 1. The predicted molar refractivity (Wildman–Crippen MR) is 96.8 cm³/mol. The van der Waals surface area contributed by atoms with Crippen LogP contribution < -0.4 is 11.1 Å². The molecule has 3 N–H and O–H groups in total. The van der Waals surface area contributed by atoms with Crippen LogP contribution in [0.1, 0.15) is 12.8 Å². The highest BCUT2D eigenvalue weighted by atomic mass is 16.5. The van der Waals surface area contributed by atoms with Gasteiger partial charge in [0.25, 0.3) is 0 Å². The van der Waals surface area contributed by atoms with E-state index in [1.807, 2.05) is 30.3 Å². The summed E-state index contributed by atoms with van der Waals surface area (Å²) in [6.45, 7) is 1.49. The second-order valence-corrected chi connectivity index (χ2v) is 6.46. The van der Waals surface area contributed by atoms with Crippen molar-refractivity contribution in [2.45, 2.75) is 12.8 Å². The first-order valence-corrected chi connectivity index (χ1v) is 8.55. The maximum absolute atomic E-state index is 12.0. The number of rotatable bonds is 5. The first-order chi connectivity index (χ1) is 12.7. The van der Waals surface area contributed by atoms with Gasteiger partial charge in [-0.05, 0) is 25.0 Å². The van der Waals surface area contributed by atoms with Gasteiger partial charge < -0.3 is 15.8 Å². The van der Waals surface area contributed by atoms with Crippen molar-refractivity contribution in [3.63, 3.8) is 0 Å². The van der Waals surface area contributed by atoms with Gasteiger partial charge in [0.1, 0.15) is 12.1 Å². The second-order valence-electron chi connectivity index (χ2n) is 6.46. The molecule has 3 heterocycles. The lowest BCUT2D eigenvalue weighted by Crippen LogP contribution is -2.46. The van der Waals surface area contributed by atoms with Crippen LogP contribution in [-0.2, 0) is 9.53 Å². The number of benzene rings is 1. The van der Waals surface area contributed by atoms with Gasteiger partial charge in [0.05, 0.1) is 22.7 Å². The van der Waals surface area contributed by atoms with E-state index in [0.29, 0.717) is 44.1 Å². The molecule has 0 saturated carbocycles. The largest absolute Gasteiger partial charge is 0.381 e. The van der Waals surface area contributed by atoms with Crippen LogP contribution in [0.15, 0.2) is 42.9 Å². The van der Waals surface area contributed by atoms with Crippen molar-refractivity contribution >= 4 is 22.8 Å². The third-order valence-electron chi connectivity index (χ3n) is 4.93. The maximum atomic E-state index is 12.0. The van der Waals surface area contributed by atoms with Gasteiger partial charge in [-0.15, -0.1) is 0 Å². The Morgan fingerprint density at radius 3 is 2.73 bits per heavy atom. The molecule has 2 aromatic heterocycles. The summed E-state index contributed by atoms with van der Waals surface area (Å²) in [5.74, 6) is 0.336. The summed E-state index contributed by atoms with van der Waals surface area (Å²) in [4.78, 5) is 20.7. The zero-order chi connectivity index (χ0) is 18.0. The lowest BCUT2D eigenvalue weighted by molar-refractivity contribution is -0.132. The SMILES string of the molecule is NC(=O)C1(CNc2ncnc3c2cnn3-c2ccccc2)CCOCC1. The summed E-state index contributed by atoms with van der Waals surface area (Å²) in [5.41, 5.74) is 6.68. The number of para-hydroxylation sites is 1. The summed E-state index contributed by atoms with van der Waals surface area (Å²) < 4.78 is 7.14. The molecule has 134 valence electrons. The first kappa shape index (κ1) is 16.5. The number of hydrogen-bond donors (Lipinski definition) is 2. The minimum absolute atomic E-state index is 0.307. The van der Waals surface area contributed by atoms with Gasteiger partial charge in [0, 0.05) is 19.8 Å². The van der Waals surface area contributed by atoms with E-state index in [1.54, 1.807) is 10.9 Å². The van der Waals surface area contributed by atoms with Crippen LogP contribution in [0.5, 0.6) is 0 Å². The number of hydrogen-bond acceptors (Lipinski definition) is 6. The molecule has 1 amide bonds. The normalized spacial score (nSPS) is 16.5.